The van der Waals surface area contributed by atoms with Crippen LogP contribution in [0.25, 0.3) is 0 Å². The summed E-state index contributed by atoms with van der Waals surface area (Å²) >= 11 is 5.80. The number of alkyl halides is 1. The van der Waals surface area contributed by atoms with E-state index in [0.29, 0.717) is 10.8 Å². The molecule has 0 spiro atoms. The lowest BCUT2D eigenvalue weighted by Crippen LogP contribution is -2.30. The van der Waals surface area contributed by atoms with Crippen molar-refractivity contribution in [2.45, 2.75) is 44.5 Å². The number of halogens is 1. The van der Waals surface area contributed by atoms with Crippen molar-refractivity contribution in [3.63, 3.8) is 0 Å². The van der Waals surface area contributed by atoms with Crippen LogP contribution in [0, 0.1) is 13.8 Å². The molecule has 0 saturated carbocycles. The number of nitrogens with one attached hydrogen (secondary N) is 1. The van der Waals surface area contributed by atoms with E-state index in [0.717, 1.165) is 16.7 Å². The molecule has 0 aromatic heterocycles. The largest absolute Gasteiger partial charge is 0.241 e. The molecule has 0 atom stereocenters. The smallest absolute Gasteiger partial charge is 0.209 e. The van der Waals surface area contributed by atoms with Gasteiger partial charge in [-0.2, -0.15) is 0 Å². The maximum Gasteiger partial charge on any atom is 0.241 e. The molecule has 1 rings (SSSR count). The average molecular weight is 276 g/mol. The molecule has 0 bridgehead atoms. The zero-order chi connectivity index (χ0) is 13.2. The van der Waals surface area contributed by atoms with Crippen molar-refractivity contribution in [1.29, 1.82) is 0 Å². The summed E-state index contributed by atoms with van der Waals surface area (Å²) in [5.41, 5.74) is 2.60. The first-order valence-electron chi connectivity index (χ1n) is 5.46. The molecule has 1 aromatic rings. The summed E-state index contributed by atoms with van der Waals surface area (Å²) in [5.74, 6) is 0.316. The van der Waals surface area contributed by atoms with Crippen LogP contribution in [0.15, 0.2) is 17.0 Å². The van der Waals surface area contributed by atoms with Gasteiger partial charge in [-0.05, 0) is 50.5 Å². The Kier molecular flexibility index (Phi) is 4.58. The van der Waals surface area contributed by atoms with Crippen LogP contribution in [0.2, 0.25) is 0 Å². The van der Waals surface area contributed by atoms with E-state index in [1.165, 1.54) is 0 Å². The Morgan fingerprint density at radius 3 is 2.29 bits per heavy atom. The first-order chi connectivity index (χ1) is 7.77. The highest BCUT2D eigenvalue weighted by Gasteiger charge is 2.19. The van der Waals surface area contributed by atoms with Gasteiger partial charge < -0.3 is 0 Å². The minimum atomic E-state index is -3.45. The summed E-state index contributed by atoms with van der Waals surface area (Å²) < 4.78 is 26.8. The van der Waals surface area contributed by atoms with Crippen LogP contribution in [0.1, 0.15) is 30.5 Å². The van der Waals surface area contributed by atoms with Gasteiger partial charge in [-0.15, -0.1) is 11.6 Å². The molecule has 0 aliphatic rings. The van der Waals surface area contributed by atoms with Crippen LogP contribution in [0.4, 0.5) is 0 Å². The van der Waals surface area contributed by atoms with E-state index in [2.05, 4.69) is 4.72 Å². The first kappa shape index (κ1) is 14.5. The zero-order valence-electron chi connectivity index (χ0n) is 10.5. The molecule has 0 amide bonds. The minimum Gasteiger partial charge on any atom is -0.209 e. The first-order valence-corrected chi connectivity index (χ1v) is 7.48. The topological polar surface area (TPSA) is 46.2 Å². The predicted molar refractivity (Wildman–Crippen MR) is 70.9 cm³/mol. The SMILES string of the molecule is Cc1cc(C)c(S(=O)(=O)NC(C)C)cc1CCl. The lowest BCUT2D eigenvalue weighted by Gasteiger charge is -2.14. The molecule has 0 saturated heterocycles. The van der Waals surface area contributed by atoms with Crippen molar-refractivity contribution in [3.05, 3.63) is 28.8 Å². The molecule has 0 aliphatic heterocycles. The van der Waals surface area contributed by atoms with Crippen molar-refractivity contribution >= 4 is 21.6 Å². The van der Waals surface area contributed by atoms with Crippen LogP contribution in [0.5, 0.6) is 0 Å². The third-order valence-corrected chi connectivity index (χ3v) is 4.55. The van der Waals surface area contributed by atoms with Gasteiger partial charge in [0.15, 0.2) is 0 Å². The molecule has 3 nitrogen and oxygen atoms in total. The fourth-order valence-electron chi connectivity index (χ4n) is 1.68. The van der Waals surface area contributed by atoms with Crippen molar-refractivity contribution in [1.82, 2.24) is 4.72 Å². The zero-order valence-corrected chi connectivity index (χ0v) is 12.1. The summed E-state index contributed by atoms with van der Waals surface area (Å²) in [6, 6.07) is 3.38. The molecular formula is C12H18ClNO2S. The highest BCUT2D eigenvalue weighted by atomic mass is 35.5. The number of hydrogen-bond acceptors (Lipinski definition) is 2. The van der Waals surface area contributed by atoms with Crippen molar-refractivity contribution in [2.75, 3.05) is 0 Å². The van der Waals surface area contributed by atoms with Gasteiger partial charge >= 0.3 is 0 Å². The Balaban J connectivity index is 3.31. The van der Waals surface area contributed by atoms with Crippen LogP contribution < -0.4 is 4.72 Å². The standard InChI is InChI=1S/C12H18ClNO2S/c1-8(2)14-17(15,16)12-6-11(7-13)9(3)5-10(12)4/h5-6,8,14H,7H2,1-4H3. The monoisotopic (exact) mass is 275 g/mol. The van der Waals surface area contributed by atoms with Crippen LogP contribution in [0.3, 0.4) is 0 Å². The maximum absolute atomic E-state index is 12.1. The Labute approximate surface area is 108 Å². The molecule has 0 unspecified atom stereocenters. The molecule has 1 N–H and O–H groups in total. The van der Waals surface area contributed by atoms with Crippen LogP contribution in [-0.2, 0) is 15.9 Å². The predicted octanol–water partition coefficient (Wildman–Crippen LogP) is 2.73. The van der Waals surface area contributed by atoms with Gasteiger partial charge in [0, 0.05) is 11.9 Å². The number of benzene rings is 1. The quantitative estimate of drug-likeness (QED) is 0.859. The van der Waals surface area contributed by atoms with Gasteiger partial charge in [0.25, 0.3) is 0 Å². The number of hydrogen-bond donors (Lipinski definition) is 1. The molecule has 0 radical (unpaired) electrons. The normalized spacial score (nSPS) is 12.1. The fourth-order valence-corrected chi connectivity index (χ4v) is 3.50. The summed E-state index contributed by atoms with van der Waals surface area (Å²) in [4.78, 5) is 0.312. The second-order valence-electron chi connectivity index (χ2n) is 4.45. The minimum absolute atomic E-state index is 0.125. The Bertz CT molecular complexity index is 509. The Morgan fingerprint density at radius 2 is 1.82 bits per heavy atom. The van der Waals surface area contributed by atoms with Gasteiger partial charge in [-0.3, -0.25) is 0 Å². The third kappa shape index (κ3) is 3.44. The fraction of sp³-hybridized carbons (Fsp3) is 0.500. The molecule has 0 heterocycles. The Morgan fingerprint density at radius 1 is 1.24 bits per heavy atom. The van der Waals surface area contributed by atoms with E-state index in [1.807, 2.05) is 13.0 Å². The van der Waals surface area contributed by atoms with Gasteiger partial charge in [0.1, 0.15) is 0 Å². The molecule has 17 heavy (non-hydrogen) atoms. The van der Waals surface area contributed by atoms with E-state index >= 15 is 0 Å². The van der Waals surface area contributed by atoms with Crippen LogP contribution >= 0.6 is 11.6 Å². The second-order valence-corrected chi connectivity index (χ2v) is 6.40. The van der Waals surface area contributed by atoms with Gasteiger partial charge in [-0.1, -0.05) is 6.07 Å². The van der Waals surface area contributed by atoms with Crippen molar-refractivity contribution < 1.29 is 8.42 Å². The molecule has 1 aromatic carbocycles. The lowest BCUT2D eigenvalue weighted by atomic mass is 10.1. The van der Waals surface area contributed by atoms with E-state index in [4.69, 9.17) is 11.6 Å². The van der Waals surface area contributed by atoms with E-state index in [-0.39, 0.29) is 6.04 Å². The van der Waals surface area contributed by atoms with Gasteiger partial charge in [0.2, 0.25) is 10.0 Å². The summed E-state index contributed by atoms with van der Waals surface area (Å²) in [7, 11) is -3.45. The summed E-state index contributed by atoms with van der Waals surface area (Å²) in [5, 5.41) is 0. The lowest BCUT2D eigenvalue weighted by molar-refractivity contribution is 0.569. The average Bonchev–Trinajstić information content (AvgIpc) is 2.15. The van der Waals surface area contributed by atoms with Gasteiger partial charge in [0.05, 0.1) is 4.90 Å². The molecule has 0 aliphatic carbocycles. The van der Waals surface area contributed by atoms with Gasteiger partial charge in [-0.25, -0.2) is 13.1 Å². The molecule has 0 fully saturated rings. The number of sulfonamides is 1. The van der Waals surface area contributed by atoms with Crippen molar-refractivity contribution in [2.24, 2.45) is 0 Å². The molecule has 5 heteroatoms. The maximum atomic E-state index is 12.1. The third-order valence-electron chi connectivity index (χ3n) is 2.46. The summed E-state index contributed by atoms with van der Waals surface area (Å²) in [6.07, 6.45) is 0. The molecular weight excluding hydrogens is 258 g/mol. The van der Waals surface area contributed by atoms with Crippen molar-refractivity contribution in [3.8, 4) is 0 Å². The number of aryl methyl sites for hydroxylation is 2. The number of rotatable bonds is 4. The Hall–Kier alpha value is -0.580. The highest BCUT2D eigenvalue weighted by Crippen LogP contribution is 2.21. The van der Waals surface area contributed by atoms with E-state index in [1.54, 1.807) is 26.8 Å². The van der Waals surface area contributed by atoms with E-state index in [9.17, 15) is 8.42 Å². The van der Waals surface area contributed by atoms with E-state index < -0.39 is 10.0 Å². The van der Waals surface area contributed by atoms with Crippen LogP contribution in [-0.4, -0.2) is 14.5 Å². The summed E-state index contributed by atoms with van der Waals surface area (Å²) in [6.45, 7) is 7.31. The highest BCUT2D eigenvalue weighted by molar-refractivity contribution is 7.89. The molecule has 96 valence electrons. The second kappa shape index (κ2) is 5.38.